The van der Waals surface area contributed by atoms with Crippen LogP contribution in [0.1, 0.15) is 45.9 Å². The van der Waals surface area contributed by atoms with Crippen molar-refractivity contribution >= 4 is 17.6 Å². The van der Waals surface area contributed by atoms with Crippen molar-refractivity contribution in [1.29, 1.82) is 0 Å². The minimum Gasteiger partial charge on any atom is -0.406 e. The van der Waals surface area contributed by atoms with Gasteiger partial charge in [0.05, 0.1) is 0 Å². The lowest BCUT2D eigenvalue weighted by Gasteiger charge is -2.02. The fourth-order valence-corrected chi connectivity index (χ4v) is 2.22. The molecule has 1 aliphatic rings. The topological polar surface area (TPSA) is 51.0 Å². The van der Waals surface area contributed by atoms with Crippen molar-refractivity contribution < 1.29 is 4.42 Å². The molecule has 4 nitrogen and oxygen atoms in total. The lowest BCUT2D eigenvalue weighted by atomic mass is 10.0. The lowest BCUT2D eigenvalue weighted by molar-refractivity contribution is 0.457. The SMILES string of the molecule is CC(Cl)c1nnc(NC2C(C)(C)C2(C)C)o1. The molecule has 0 bridgehead atoms. The molecule has 1 heterocycles. The molecule has 2 rings (SSSR count). The summed E-state index contributed by atoms with van der Waals surface area (Å²) in [7, 11) is 0. The Hall–Kier alpha value is -0.770. The van der Waals surface area contributed by atoms with E-state index in [1.165, 1.54) is 0 Å². The number of alkyl halides is 1. The number of nitrogens with one attached hydrogen (secondary N) is 1. The van der Waals surface area contributed by atoms with Crippen LogP contribution < -0.4 is 5.32 Å². The molecule has 0 saturated heterocycles. The Morgan fingerprint density at radius 2 is 1.81 bits per heavy atom. The maximum atomic E-state index is 5.86. The van der Waals surface area contributed by atoms with Gasteiger partial charge in [-0.05, 0) is 17.8 Å². The van der Waals surface area contributed by atoms with Crippen molar-refractivity contribution in [2.24, 2.45) is 10.8 Å². The molecule has 1 unspecified atom stereocenters. The predicted molar refractivity (Wildman–Crippen MR) is 63.5 cm³/mol. The van der Waals surface area contributed by atoms with Crippen molar-refractivity contribution in [3.8, 4) is 0 Å². The van der Waals surface area contributed by atoms with Gasteiger partial charge in [0, 0.05) is 6.04 Å². The molecule has 1 aromatic heterocycles. The van der Waals surface area contributed by atoms with E-state index in [1.807, 2.05) is 6.92 Å². The highest BCUT2D eigenvalue weighted by molar-refractivity contribution is 6.20. The summed E-state index contributed by atoms with van der Waals surface area (Å²) in [6, 6.07) is 0.824. The van der Waals surface area contributed by atoms with Crippen LogP contribution in [0, 0.1) is 10.8 Å². The number of halogens is 1. The van der Waals surface area contributed by atoms with Gasteiger partial charge >= 0.3 is 6.01 Å². The number of aromatic nitrogens is 2. The minimum absolute atomic E-state index is 0.244. The second-order valence-corrected chi connectivity index (χ2v) is 6.24. The van der Waals surface area contributed by atoms with Crippen LogP contribution in [-0.2, 0) is 0 Å². The summed E-state index contributed by atoms with van der Waals surface area (Å²) >= 11 is 5.86. The summed E-state index contributed by atoms with van der Waals surface area (Å²) in [6.07, 6.45) is 0. The summed E-state index contributed by atoms with van der Waals surface area (Å²) in [4.78, 5) is 0. The number of hydrogen-bond acceptors (Lipinski definition) is 4. The van der Waals surface area contributed by atoms with Crippen LogP contribution >= 0.6 is 11.6 Å². The van der Waals surface area contributed by atoms with Crippen molar-refractivity contribution in [2.45, 2.75) is 46.0 Å². The van der Waals surface area contributed by atoms with Crippen LogP contribution in [0.4, 0.5) is 6.01 Å². The monoisotopic (exact) mass is 243 g/mol. The molecule has 0 aromatic carbocycles. The highest BCUT2D eigenvalue weighted by Gasteiger charge is 2.65. The zero-order valence-corrected chi connectivity index (χ0v) is 11.1. The molecule has 0 radical (unpaired) electrons. The van der Waals surface area contributed by atoms with Gasteiger partial charge in [-0.1, -0.05) is 32.8 Å². The first-order valence-corrected chi connectivity index (χ1v) is 5.94. The van der Waals surface area contributed by atoms with Gasteiger partial charge in [-0.2, -0.15) is 0 Å². The predicted octanol–water partition coefficient (Wildman–Crippen LogP) is 3.22. The maximum absolute atomic E-state index is 5.86. The quantitative estimate of drug-likeness (QED) is 0.829. The van der Waals surface area contributed by atoms with E-state index in [2.05, 4.69) is 43.2 Å². The van der Waals surface area contributed by atoms with Crippen molar-refractivity contribution in [1.82, 2.24) is 10.2 Å². The summed E-state index contributed by atoms with van der Waals surface area (Å²) in [5.41, 5.74) is 0.489. The van der Waals surface area contributed by atoms with Crippen molar-refractivity contribution in [3.05, 3.63) is 5.89 Å². The highest BCUT2D eigenvalue weighted by atomic mass is 35.5. The van der Waals surface area contributed by atoms with E-state index in [9.17, 15) is 0 Å². The second-order valence-electron chi connectivity index (χ2n) is 5.58. The molecule has 0 aliphatic heterocycles. The number of nitrogens with zero attached hydrogens (tertiary/aromatic N) is 2. The van der Waals surface area contributed by atoms with E-state index in [0.717, 1.165) is 0 Å². The Morgan fingerprint density at radius 1 is 1.25 bits per heavy atom. The second kappa shape index (κ2) is 3.36. The normalized spacial score (nSPS) is 24.1. The Labute approximate surface area is 101 Å². The Morgan fingerprint density at radius 3 is 2.19 bits per heavy atom. The molecule has 1 saturated carbocycles. The van der Waals surface area contributed by atoms with E-state index in [4.69, 9.17) is 16.0 Å². The zero-order chi connectivity index (χ0) is 12.1. The first kappa shape index (κ1) is 11.7. The Kier molecular flexibility index (Phi) is 2.46. The zero-order valence-electron chi connectivity index (χ0n) is 10.3. The average molecular weight is 244 g/mol. The van der Waals surface area contributed by atoms with Gasteiger partial charge in [-0.15, -0.1) is 16.7 Å². The van der Waals surface area contributed by atoms with Gasteiger partial charge in [0.1, 0.15) is 5.38 Å². The molecule has 1 aliphatic carbocycles. The summed E-state index contributed by atoms with van der Waals surface area (Å²) < 4.78 is 5.42. The summed E-state index contributed by atoms with van der Waals surface area (Å²) in [5, 5.41) is 10.8. The van der Waals surface area contributed by atoms with Crippen LogP contribution in [0.25, 0.3) is 0 Å². The number of anilines is 1. The first-order valence-electron chi connectivity index (χ1n) is 5.51. The fraction of sp³-hybridized carbons (Fsp3) is 0.818. The van der Waals surface area contributed by atoms with Gasteiger partial charge in [0.2, 0.25) is 5.89 Å². The van der Waals surface area contributed by atoms with E-state index in [1.54, 1.807) is 0 Å². The fourth-order valence-electron chi connectivity index (χ4n) is 2.13. The van der Waals surface area contributed by atoms with Crippen molar-refractivity contribution in [2.75, 3.05) is 5.32 Å². The molecule has 1 atom stereocenters. The largest absolute Gasteiger partial charge is 0.406 e. The van der Waals surface area contributed by atoms with E-state index >= 15 is 0 Å². The molecule has 0 amide bonds. The number of rotatable bonds is 3. The van der Waals surface area contributed by atoms with Gasteiger partial charge in [-0.25, -0.2) is 0 Å². The molecule has 1 N–H and O–H groups in total. The molecule has 5 heteroatoms. The van der Waals surface area contributed by atoms with Crippen LogP contribution in [0.2, 0.25) is 0 Å². The molecular weight excluding hydrogens is 226 g/mol. The molecule has 16 heavy (non-hydrogen) atoms. The molecule has 0 spiro atoms. The smallest absolute Gasteiger partial charge is 0.315 e. The third-order valence-corrected chi connectivity index (χ3v) is 4.26. The van der Waals surface area contributed by atoms with Gasteiger partial charge < -0.3 is 9.73 Å². The Bertz CT molecular complexity index is 384. The van der Waals surface area contributed by atoms with Gasteiger partial charge in [0.15, 0.2) is 0 Å². The van der Waals surface area contributed by atoms with E-state index in [-0.39, 0.29) is 16.2 Å². The van der Waals surface area contributed by atoms with E-state index < -0.39 is 0 Å². The summed E-state index contributed by atoms with van der Waals surface area (Å²) in [6.45, 7) is 10.7. The van der Waals surface area contributed by atoms with E-state index in [0.29, 0.717) is 17.9 Å². The molecule has 90 valence electrons. The third-order valence-electron chi connectivity index (χ3n) is 4.07. The van der Waals surface area contributed by atoms with Crippen LogP contribution in [0.15, 0.2) is 4.42 Å². The average Bonchev–Trinajstić information content (AvgIpc) is 2.60. The van der Waals surface area contributed by atoms with Crippen LogP contribution in [0.3, 0.4) is 0 Å². The molecule has 1 aromatic rings. The van der Waals surface area contributed by atoms with Crippen molar-refractivity contribution in [3.63, 3.8) is 0 Å². The molecular formula is C11H18ClN3O. The summed E-state index contributed by atoms with van der Waals surface area (Å²) in [5.74, 6) is 0.459. The van der Waals surface area contributed by atoms with Gasteiger partial charge in [0.25, 0.3) is 0 Å². The number of hydrogen-bond donors (Lipinski definition) is 1. The molecule has 1 fully saturated rings. The van der Waals surface area contributed by atoms with Crippen LogP contribution in [-0.4, -0.2) is 16.2 Å². The highest BCUT2D eigenvalue weighted by Crippen LogP contribution is 2.63. The first-order chi connectivity index (χ1) is 7.26. The van der Waals surface area contributed by atoms with Crippen LogP contribution in [0.5, 0.6) is 0 Å². The standard InChI is InChI=1S/C11H18ClN3O/c1-6(12)7-14-15-9(16-7)13-8-10(2,3)11(8,4)5/h6,8H,1-5H3,(H,13,15). The third kappa shape index (κ3) is 1.59. The Balaban J connectivity index is 2.06. The minimum atomic E-state index is -0.247. The van der Waals surface area contributed by atoms with Gasteiger partial charge in [-0.3, -0.25) is 0 Å². The lowest BCUT2D eigenvalue weighted by Crippen LogP contribution is -2.10. The maximum Gasteiger partial charge on any atom is 0.315 e.